The molecule has 0 bridgehead atoms. The quantitative estimate of drug-likeness (QED) is 0.358. The summed E-state index contributed by atoms with van der Waals surface area (Å²) in [5, 5.41) is 0. The van der Waals surface area contributed by atoms with Crippen molar-refractivity contribution < 1.29 is 9.47 Å². The number of nitrogens with zero attached hydrogens (tertiary/aromatic N) is 1. The highest BCUT2D eigenvalue weighted by molar-refractivity contribution is 5.59. The van der Waals surface area contributed by atoms with Crippen LogP contribution in [0.4, 0.5) is 0 Å². The molecule has 3 nitrogen and oxygen atoms in total. The van der Waals surface area contributed by atoms with Crippen molar-refractivity contribution in [3.05, 3.63) is 48.2 Å². The van der Waals surface area contributed by atoms with Gasteiger partial charge in [-0.25, -0.2) is 0 Å². The smallest absolute Gasteiger partial charge is 0.137 e. The van der Waals surface area contributed by atoms with Crippen LogP contribution in [0.15, 0.2) is 42.6 Å². The maximum absolute atomic E-state index is 5.74. The molecule has 0 radical (unpaired) electrons. The third-order valence-corrected chi connectivity index (χ3v) is 4.65. The molecule has 2 rings (SSSR count). The Morgan fingerprint density at radius 1 is 0.741 bits per heavy atom. The molecule has 3 heteroatoms. The highest BCUT2D eigenvalue weighted by atomic mass is 16.5. The second-order valence-corrected chi connectivity index (χ2v) is 7.05. The van der Waals surface area contributed by atoms with Gasteiger partial charge < -0.3 is 9.47 Å². The summed E-state index contributed by atoms with van der Waals surface area (Å²) in [6.07, 6.45) is 11.4. The minimum Gasteiger partial charge on any atom is -0.492 e. The monoisotopic (exact) mass is 369 g/mol. The predicted octanol–water partition coefficient (Wildman–Crippen LogP) is 6.46. The standard InChI is InChI=1S/C24H35NO2/c1-3-5-7-8-10-21-11-13-22(14-12-21)24-16-15-23(20-25-24)27-19-9-18-26-17-6-4-2/h11-16,20H,3-10,17-19H2,1-2H3. The van der Waals surface area contributed by atoms with Gasteiger partial charge in [-0.3, -0.25) is 4.98 Å². The van der Waals surface area contributed by atoms with E-state index < -0.39 is 0 Å². The Hall–Kier alpha value is -1.87. The van der Waals surface area contributed by atoms with E-state index in [2.05, 4.69) is 43.1 Å². The summed E-state index contributed by atoms with van der Waals surface area (Å²) < 4.78 is 11.3. The molecule has 1 heterocycles. The van der Waals surface area contributed by atoms with Crippen LogP contribution in [0.2, 0.25) is 0 Å². The highest BCUT2D eigenvalue weighted by Gasteiger charge is 2.02. The van der Waals surface area contributed by atoms with E-state index in [-0.39, 0.29) is 0 Å². The van der Waals surface area contributed by atoms with Crippen molar-refractivity contribution in [2.24, 2.45) is 0 Å². The number of ether oxygens (including phenoxy) is 2. The molecule has 27 heavy (non-hydrogen) atoms. The Morgan fingerprint density at radius 3 is 2.22 bits per heavy atom. The van der Waals surface area contributed by atoms with Gasteiger partial charge in [0, 0.05) is 25.2 Å². The first-order chi connectivity index (χ1) is 13.3. The second kappa shape index (κ2) is 13.3. The molecule has 1 aromatic heterocycles. The maximum Gasteiger partial charge on any atom is 0.137 e. The van der Waals surface area contributed by atoms with Gasteiger partial charge in [-0.15, -0.1) is 0 Å². The van der Waals surface area contributed by atoms with E-state index in [1.807, 2.05) is 18.3 Å². The Balaban J connectivity index is 1.72. The lowest BCUT2D eigenvalue weighted by atomic mass is 10.0. The van der Waals surface area contributed by atoms with E-state index in [0.717, 1.165) is 43.1 Å². The molecule has 0 atom stereocenters. The average Bonchev–Trinajstić information content (AvgIpc) is 2.71. The van der Waals surface area contributed by atoms with Gasteiger partial charge in [-0.1, -0.05) is 63.8 Å². The van der Waals surface area contributed by atoms with Crippen molar-refractivity contribution in [1.82, 2.24) is 4.98 Å². The number of hydrogen-bond acceptors (Lipinski definition) is 3. The van der Waals surface area contributed by atoms with E-state index in [1.54, 1.807) is 0 Å². The summed E-state index contributed by atoms with van der Waals surface area (Å²) in [4.78, 5) is 4.55. The van der Waals surface area contributed by atoms with Gasteiger partial charge in [0.05, 0.1) is 18.5 Å². The second-order valence-electron chi connectivity index (χ2n) is 7.05. The Bertz CT molecular complexity index is 607. The van der Waals surface area contributed by atoms with Crippen LogP contribution in [0.1, 0.15) is 64.4 Å². The molecule has 0 amide bonds. The molecule has 2 aromatic rings. The summed E-state index contributed by atoms with van der Waals surface area (Å²) in [5.41, 5.74) is 3.56. The lowest BCUT2D eigenvalue weighted by Crippen LogP contribution is -2.04. The number of aryl methyl sites for hydroxylation is 1. The minimum atomic E-state index is 0.667. The van der Waals surface area contributed by atoms with Gasteiger partial charge in [0.25, 0.3) is 0 Å². The fraction of sp³-hybridized carbons (Fsp3) is 0.542. The molecule has 1 aromatic carbocycles. The molecule has 0 saturated heterocycles. The van der Waals surface area contributed by atoms with E-state index >= 15 is 0 Å². The molecule has 0 aliphatic carbocycles. The first-order valence-electron chi connectivity index (χ1n) is 10.6. The van der Waals surface area contributed by atoms with Crippen LogP contribution in [0.3, 0.4) is 0 Å². The van der Waals surface area contributed by atoms with Gasteiger partial charge in [-0.05, 0) is 37.0 Å². The topological polar surface area (TPSA) is 31.4 Å². The SMILES string of the molecule is CCCCCCc1ccc(-c2ccc(OCCCOCCCC)cn2)cc1. The van der Waals surface area contributed by atoms with E-state index in [0.29, 0.717) is 6.61 Å². The summed E-state index contributed by atoms with van der Waals surface area (Å²) >= 11 is 0. The molecule has 0 saturated carbocycles. The maximum atomic E-state index is 5.74. The molecule has 0 unspecified atom stereocenters. The summed E-state index contributed by atoms with van der Waals surface area (Å²) in [6, 6.07) is 12.8. The van der Waals surface area contributed by atoms with Gasteiger partial charge >= 0.3 is 0 Å². The Morgan fingerprint density at radius 2 is 1.52 bits per heavy atom. The molecule has 0 aliphatic heterocycles. The largest absolute Gasteiger partial charge is 0.492 e. The first kappa shape index (κ1) is 21.4. The fourth-order valence-corrected chi connectivity index (χ4v) is 2.93. The van der Waals surface area contributed by atoms with E-state index in [1.165, 1.54) is 44.1 Å². The zero-order valence-corrected chi connectivity index (χ0v) is 17.1. The van der Waals surface area contributed by atoms with Crippen molar-refractivity contribution in [3.8, 4) is 17.0 Å². The van der Waals surface area contributed by atoms with Crippen molar-refractivity contribution >= 4 is 0 Å². The number of aromatic nitrogens is 1. The van der Waals surface area contributed by atoms with Crippen LogP contribution in [0.5, 0.6) is 5.75 Å². The average molecular weight is 370 g/mol. The van der Waals surface area contributed by atoms with Crippen molar-refractivity contribution in [3.63, 3.8) is 0 Å². The summed E-state index contributed by atoms with van der Waals surface area (Å²) in [6.45, 7) is 6.70. The number of hydrogen-bond donors (Lipinski definition) is 0. The van der Waals surface area contributed by atoms with Crippen LogP contribution < -0.4 is 4.74 Å². The lowest BCUT2D eigenvalue weighted by molar-refractivity contribution is 0.117. The van der Waals surface area contributed by atoms with Gasteiger partial charge in [0.15, 0.2) is 0 Å². The lowest BCUT2D eigenvalue weighted by Gasteiger charge is -2.08. The van der Waals surface area contributed by atoms with Crippen molar-refractivity contribution in [1.29, 1.82) is 0 Å². The molecule has 148 valence electrons. The number of unbranched alkanes of at least 4 members (excludes halogenated alkanes) is 4. The third kappa shape index (κ3) is 8.57. The number of pyridine rings is 1. The number of benzene rings is 1. The van der Waals surface area contributed by atoms with Gasteiger partial charge in [0.2, 0.25) is 0 Å². The zero-order valence-electron chi connectivity index (χ0n) is 17.1. The molecular formula is C24H35NO2. The first-order valence-corrected chi connectivity index (χ1v) is 10.6. The third-order valence-electron chi connectivity index (χ3n) is 4.65. The molecule has 0 spiro atoms. The van der Waals surface area contributed by atoms with E-state index in [4.69, 9.17) is 9.47 Å². The van der Waals surface area contributed by atoms with Crippen LogP contribution in [0, 0.1) is 0 Å². The van der Waals surface area contributed by atoms with Crippen LogP contribution in [-0.2, 0) is 11.2 Å². The van der Waals surface area contributed by atoms with Gasteiger partial charge in [0.1, 0.15) is 5.75 Å². The molecule has 0 aliphatic rings. The molecule has 0 N–H and O–H groups in total. The van der Waals surface area contributed by atoms with Crippen LogP contribution in [-0.4, -0.2) is 24.8 Å². The highest BCUT2D eigenvalue weighted by Crippen LogP contribution is 2.21. The molecular weight excluding hydrogens is 334 g/mol. The van der Waals surface area contributed by atoms with Gasteiger partial charge in [-0.2, -0.15) is 0 Å². The molecule has 0 fully saturated rings. The van der Waals surface area contributed by atoms with Crippen molar-refractivity contribution in [2.45, 2.75) is 65.2 Å². The van der Waals surface area contributed by atoms with Crippen LogP contribution in [0.25, 0.3) is 11.3 Å². The Kier molecular flexibility index (Phi) is 10.6. The summed E-state index contributed by atoms with van der Waals surface area (Å²) in [7, 11) is 0. The Labute approximate surface area is 165 Å². The predicted molar refractivity (Wildman–Crippen MR) is 113 cm³/mol. The fourth-order valence-electron chi connectivity index (χ4n) is 2.93. The normalized spacial score (nSPS) is 10.9. The van der Waals surface area contributed by atoms with Crippen LogP contribution >= 0.6 is 0 Å². The zero-order chi connectivity index (χ0) is 19.2. The summed E-state index contributed by atoms with van der Waals surface area (Å²) in [5.74, 6) is 0.819. The number of rotatable bonds is 14. The van der Waals surface area contributed by atoms with E-state index in [9.17, 15) is 0 Å². The van der Waals surface area contributed by atoms with Crippen molar-refractivity contribution in [2.75, 3.05) is 19.8 Å². The minimum absolute atomic E-state index is 0.667.